The molecule has 104 valence electrons. The van der Waals surface area contributed by atoms with Gasteiger partial charge < -0.3 is 19.3 Å². The second kappa shape index (κ2) is 5.16. The zero-order valence-electron chi connectivity index (χ0n) is 10.6. The van der Waals surface area contributed by atoms with Crippen LogP contribution in [-0.4, -0.2) is 24.3 Å². The van der Waals surface area contributed by atoms with Crippen molar-refractivity contribution >= 4 is 27.7 Å². The number of carbonyl (C=O) groups is 1. The first-order valence-corrected chi connectivity index (χ1v) is 6.76. The Morgan fingerprint density at radius 2 is 2.10 bits per heavy atom. The Morgan fingerprint density at radius 1 is 1.30 bits per heavy atom. The van der Waals surface area contributed by atoms with Crippen LogP contribution in [0.25, 0.3) is 0 Å². The highest BCUT2D eigenvalue weighted by atomic mass is 79.9. The number of hydrogen-bond donors (Lipinski definition) is 1. The van der Waals surface area contributed by atoms with E-state index >= 15 is 0 Å². The molecule has 1 aromatic heterocycles. The van der Waals surface area contributed by atoms with Gasteiger partial charge in [-0.05, 0) is 35.0 Å². The Bertz CT molecular complexity index is 668. The van der Waals surface area contributed by atoms with Crippen LogP contribution in [0.2, 0.25) is 0 Å². The summed E-state index contributed by atoms with van der Waals surface area (Å²) in [5.74, 6) is 1.87. The lowest BCUT2D eigenvalue weighted by Gasteiger charge is -2.20. The lowest BCUT2D eigenvalue weighted by Crippen LogP contribution is -2.18. The number of nitrogens with zero attached hydrogens (tertiary/aromatic N) is 1. The number of hydrogen-bond acceptors (Lipinski definition) is 5. The second-order valence-electron chi connectivity index (χ2n) is 4.26. The SMILES string of the molecule is Cc1cc(NC(=O)c2cc(Br)c3c(c2)OCCO3)no1. The summed E-state index contributed by atoms with van der Waals surface area (Å²) in [4.78, 5) is 12.2. The summed E-state index contributed by atoms with van der Waals surface area (Å²) < 4.78 is 16.5. The molecular weight excluding hydrogens is 328 g/mol. The van der Waals surface area contributed by atoms with Gasteiger partial charge in [0.05, 0.1) is 4.47 Å². The highest BCUT2D eigenvalue weighted by Crippen LogP contribution is 2.38. The topological polar surface area (TPSA) is 73.6 Å². The lowest BCUT2D eigenvalue weighted by molar-refractivity contribution is 0.102. The fraction of sp³-hybridized carbons (Fsp3) is 0.231. The molecule has 1 aromatic carbocycles. The molecule has 1 N–H and O–H groups in total. The van der Waals surface area contributed by atoms with E-state index in [9.17, 15) is 4.79 Å². The van der Waals surface area contributed by atoms with Gasteiger partial charge in [-0.2, -0.15) is 0 Å². The first-order chi connectivity index (χ1) is 9.63. The van der Waals surface area contributed by atoms with Crippen molar-refractivity contribution in [2.45, 2.75) is 6.92 Å². The number of ether oxygens (including phenoxy) is 2. The number of amides is 1. The molecule has 3 rings (SSSR count). The predicted molar refractivity (Wildman–Crippen MR) is 74.3 cm³/mol. The van der Waals surface area contributed by atoms with Crippen LogP contribution in [0.3, 0.4) is 0 Å². The summed E-state index contributed by atoms with van der Waals surface area (Å²) in [5.41, 5.74) is 0.446. The van der Waals surface area contributed by atoms with Gasteiger partial charge in [-0.25, -0.2) is 0 Å². The summed E-state index contributed by atoms with van der Waals surface area (Å²) in [6, 6.07) is 4.96. The minimum atomic E-state index is -0.295. The molecule has 6 nitrogen and oxygen atoms in total. The lowest BCUT2D eigenvalue weighted by atomic mass is 10.2. The molecule has 20 heavy (non-hydrogen) atoms. The zero-order valence-corrected chi connectivity index (χ0v) is 12.2. The zero-order chi connectivity index (χ0) is 14.1. The van der Waals surface area contributed by atoms with E-state index in [1.165, 1.54) is 0 Å². The third-order valence-corrected chi connectivity index (χ3v) is 3.32. The van der Waals surface area contributed by atoms with E-state index in [-0.39, 0.29) is 5.91 Å². The minimum Gasteiger partial charge on any atom is -0.486 e. The molecule has 0 fully saturated rings. The van der Waals surface area contributed by atoms with Crippen molar-refractivity contribution in [1.82, 2.24) is 5.16 Å². The number of aryl methyl sites for hydroxylation is 1. The van der Waals surface area contributed by atoms with Crippen LogP contribution in [0, 0.1) is 6.92 Å². The monoisotopic (exact) mass is 338 g/mol. The molecule has 2 heterocycles. The summed E-state index contributed by atoms with van der Waals surface area (Å²) >= 11 is 3.37. The van der Waals surface area contributed by atoms with Crippen LogP contribution in [0.15, 0.2) is 27.2 Å². The van der Waals surface area contributed by atoms with Crippen molar-refractivity contribution in [3.8, 4) is 11.5 Å². The van der Waals surface area contributed by atoms with Crippen LogP contribution in [0.4, 0.5) is 5.82 Å². The molecule has 0 saturated heterocycles. The average Bonchev–Trinajstić information content (AvgIpc) is 2.84. The van der Waals surface area contributed by atoms with Crippen molar-refractivity contribution in [3.05, 3.63) is 34.0 Å². The van der Waals surface area contributed by atoms with Gasteiger partial charge in [-0.15, -0.1) is 0 Å². The highest BCUT2D eigenvalue weighted by molar-refractivity contribution is 9.10. The Balaban J connectivity index is 1.86. The fourth-order valence-corrected chi connectivity index (χ4v) is 2.41. The molecule has 0 saturated carbocycles. The van der Waals surface area contributed by atoms with Crippen molar-refractivity contribution < 1.29 is 18.8 Å². The molecule has 0 atom stereocenters. The van der Waals surface area contributed by atoms with Gasteiger partial charge in [0.15, 0.2) is 17.3 Å². The Hall–Kier alpha value is -2.02. The Morgan fingerprint density at radius 3 is 2.85 bits per heavy atom. The molecule has 1 aliphatic heterocycles. The third kappa shape index (κ3) is 2.49. The summed E-state index contributed by atoms with van der Waals surface area (Å²) in [6.07, 6.45) is 0. The first kappa shape index (κ1) is 13.0. The van der Waals surface area contributed by atoms with Gasteiger partial charge in [-0.3, -0.25) is 4.79 Å². The molecule has 0 aliphatic carbocycles. The smallest absolute Gasteiger partial charge is 0.257 e. The van der Waals surface area contributed by atoms with E-state index in [0.717, 1.165) is 0 Å². The summed E-state index contributed by atoms with van der Waals surface area (Å²) in [7, 11) is 0. The normalized spacial score (nSPS) is 13.1. The third-order valence-electron chi connectivity index (χ3n) is 2.73. The van der Waals surface area contributed by atoms with Gasteiger partial charge in [0, 0.05) is 11.6 Å². The molecule has 0 unspecified atom stereocenters. The number of benzene rings is 1. The van der Waals surface area contributed by atoms with Crippen LogP contribution >= 0.6 is 15.9 Å². The number of fused-ring (bicyclic) bond motifs is 1. The molecule has 0 bridgehead atoms. The summed E-state index contributed by atoms with van der Waals surface area (Å²) in [5, 5.41) is 6.37. The molecule has 2 aromatic rings. The number of halogens is 1. The van der Waals surface area contributed by atoms with Crippen molar-refractivity contribution in [2.24, 2.45) is 0 Å². The van der Waals surface area contributed by atoms with Crippen LogP contribution in [0.5, 0.6) is 11.5 Å². The molecule has 1 aliphatic rings. The van der Waals surface area contributed by atoms with Gasteiger partial charge >= 0.3 is 0 Å². The minimum absolute atomic E-state index is 0.295. The Labute approximate surface area is 123 Å². The number of carbonyl (C=O) groups excluding carboxylic acids is 1. The van der Waals surface area contributed by atoms with E-state index in [0.29, 0.717) is 46.3 Å². The average molecular weight is 339 g/mol. The Kier molecular flexibility index (Phi) is 3.35. The van der Waals surface area contributed by atoms with E-state index in [1.54, 1.807) is 25.1 Å². The fourth-order valence-electron chi connectivity index (χ4n) is 1.86. The van der Waals surface area contributed by atoms with Gasteiger partial charge in [-0.1, -0.05) is 5.16 Å². The molecule has 7 heteroatoms. The maximum absolute atomic E-state index is 12.2. The highest BCUT2D eigenvalue weighted by Gasteiger charge is 2.19. The van der Waals surface area contributed by atoms with E-state index in [4.69, 9.17) is 14.0 Å². The molecular formula is C13H11BrN2O4. The second-order valence-corrected chi connectivity index (χ2v) is 5.11. The quantitative estimate of drug-likeness (QED) is 0.911. The van der Waals surface area contributed by atoms with Gasteiger partial charge in [0.25, 0.3) is 5.91 Å². The van der Waals surface area contributed by atoms with E-state index < -0.39 is 0 Å². The van der Waals surface area contributed by atoms with Crippen LogP contribution in [-0.2, 0) is 0 Å². The summed E-state index contributed by atoms with van der Waals surface area (Å²) in [6.45, 7) is 2.71. The van der Waals surface area contributed by atoms with Crippen LogP contribution < -0.4 is 14.8 Å². The number of aromatic nitrogens is 1. The van der Waals surface area contributed by atoms with Gasteiger partial charge in [0.1, 0.15) is 19.0 Å². The maximum Gasteiger partial charge on any atom is 0.257 e. The molecule has 1 amide bonds. The standard InChI is InChI=1S/C13H11BrN2O4/c1-7-4-11(16-20-7)15-13(17)8-5-9(14)12-10(6-8)18-2-3-19-12/h4-6H,2-3H2,1H3,(H,15,16,17). The van der Waals surface area contributed by atoms with Crippen molar-refractivity contribution in [1.29, 1.82) is 0 Å². The van der Waals surface area contributed by atoms with Crippen LogP contribution in [0.1, 0.15) is 16.1 Å². The van der Waals surface area contributed by atoms with Crippen molar-refractivity contribution in [3.63, 3.8) is 0 Å². The first-order valence-electron chi connectivity index (χ1n) is 5.97. The largest absolute Gasteiger partial charge is 0.486 e. The number of nitrogens with one attached hydrogen (secondary N) is 1. The molecule has 0 spiro atoms. The maximum atomic E-state index is 12.2. The van der Waals surface area contributed by atoms with Crippen molar-refractivity contribution in [2.75, 3.05) is 18.5 Å². The number of rotatable bonds is 2. The molecule has 0 radical (unpaired) electrons. The number of anilines is 1. The van der Waals surface area contributed by atoms with E-state index in [1.807, 2.05) is 0 Å². The van der Waals surface area contributed by atoms with Gasteiger partial charge in [0.2, 0.25) is 0 Å². The van der Waals surface area contributed by atoms with E-state index in [2.05, 4.69) is 26.4 Å². The predicted octanol–water partition coefficient (Wildman–Crippen LogP) is 2.77.